The summed E-state index contributed by atoms with van der Waals surface area (Å²) >= 11 is 0. The molecule has 3 heteroatoms. The zero-order valence-electron chi connectivity index (χ0n) is 10.5. The monoisotopic (exact) mass is 252 g/mol. The number of amides is 1. The zero-order chi connectivity index (χ0) is 13.2. The quantitative estimate of drug-likeness (QED) is 0.501. The van der Waals surface area contributed by atoms with Crippen LogP contribution in [0.2, 0.25) is 0 Å². The lowest BCUT2D eigenvalue weighted by Crippen LogP contribution is -2.29. The first kappa shape index (κ1) is 11.9. The average molecular weight is 252 g/mol. The van der Waals surface area contributed by atoms with Gasteiger partial charge in [-0.05, 0) is 41.5 Å². The molecule has 0 saturated heterocycles. The van der Waals surface area contributed by atoms with Crippen LogP contribution in [0.4, 0.5) is 0 Å². The molecular formula is C16H16N2O. The minimum absolute atomic E-state index is 0.248. The maximum absolute atomic E-state index is 11.4. The van der Waals surface area contributed by atoms with Gasteiger partial charge in [0.1, 0.15) is 0 Å². The molecule has 3 N–H and O–H groups in total. The highest BCUT2D eigenvalue weighted by Gasteiger charge is 2.39. The van der Waals surface area contributed by atoms with Crippen LogP contribution in [0, 0.1) is 0 Å². The Morgan fingerprint density at radius 3 is 2.11 bits per heavy atom. The standard InChI is InChI=1S/C16H16N2O/c17-18-16(19)13-8-6-12(7-9-13)15-10-14(15)11-4-2-1-3-5-11/h1-9,14-15H,10,17H2,(H,18,19)/t14-,15-/m1/s1. The van der Waals surface area contributed by atoms with E-state index in [1.807, 2.05) is 30.3 Å². The second-order valence-corrected chi connectivity index (χ2v) is 4.95. The van der Waals surface area contributed by atoms with Crippen molar-refractivity contribution in [3.8, 4) is 0 Å². The summed E-state index contributed by atoms with van der Waals surface area (Å²) in [5.74, 6) is 6.07. The van der Waals surface area contributed by atoms with E-state index in [2.05, 4.69) is 29.7 Å². The number of rotatable bonds is 3. The van der Waals surface area contributed by atoms with Crippen molar-refractivity contribution < 1.29 is 4.79 Å². The third-order valence-corrected chi connectivity index (χ3v) is 3.75. The zero-order valence-corrected chi connectivity index (χ0v) is 10.5. The molecule has 2 aromatic carbocycles. The molecule has 0 spiro atoms. The highest BCUT2D eigenvalue weighted by Crippen LogP contribution is 2.54. The van der Waals surface area contributed by atoms with Crippen molar-refractivity contribution in [1.29, 1.82) is 0 Å². The molecule has 0 aliphatic heterocycles. The van der Waals surface area contributed by atoms with Crippen molar-refractivity contribution in [2.24, 2.45) is 5.84 Å². The predicted molar refractivity (Wildman–Crippen MR) is 74.6 cm³/mol. The molecule has 1 amide bonds. The van der Waals surface area contributed by atoms with E-state index in [4.69, 9.17) is 5.84 Å². The van der Waals surface area contributed by atoms with Crippen LogP contribution >= 0.6 is 0 Å². The molecule has 19 heavy (non-hydrogen) atoms. The minimum Gasteiger partial charge on any atom is -0.290 e. The Morgan fingerprint density at radius 1 is 0.947 bits per heavy atom. The van der Waals surface area contributed by atoms with E-state index in [0.29, 0.717) is 17.4 Å². The molecule has 3 nitrogen and oxygen atoms in total. The van der Waals surface area contributed by atoms with Crippen molar-refractivity contribution in [3.63, 3.8) is 0 Å². The first-order valence-electron chi connectivity index (χ1n) is 6.45. The van der Waals surface area contributed by atoms with Gasteiger partial charge in [-0.2, -0.15) is 0 Å². The molecule has 1 aliphatic carbocycles. The lowest BCUT2D eigenvalue weighted by molar-refractivity contribution is 0.0953. The van der Waals surface area contributed by atoms with Crippen LogP contribution in [-0.4, -0.2) is 5.91 Å². The molecule has 0 bridgehead atoms. The number of hydrogen-bond acceptors (Lipinski definition) is 2. The normalized spacial score (nSPS) is 20.9. The van der Waals surface area contributed by atoms with Crippen LogP contribution in [0.1, 0.15) is 39.7 Å². The molecule has 1 fully saturated rings. The summed E-state index contributed by atoms with van der Waals surface area (Å²) < 4.78 is 0. The molecule has 3 rings (SSSR count). The largest absolute Gasteiger partial charge is 0.290 e. The molecule has 2 atom stereocenters. The Hall–Kier alpha value is -2.13. The second kappa shape index (κ2) is 4.86. The summed E-state index contributed by atoms with van der Waals surface area (Å²) in [4.78, 5) is 11.4. The first-order valence-corrected chi connectivity index (χ1v) is 6.45. The van der Waals surface area contributed by atoms with Crippen LogP contribution < -0.4 is 11.3 Å². The maximum Gasteiger partial charge on any atom is 0.265 e. The summed E-state index contributed by atoms with van der Waals surface area (Å²) in [6, 6.07) is 18.3. The number of benzene rings is 2. The van der Waals surface area contributed by atoms with Gasteiger partial charge in [0.15, 0.2) is 0 Å². The third kappa shape index (κ3) is 2.37. The third-order valence-electron chi connectivity index (χ3n) is 3.75. The number of nitrogen functional groups attached to an aromatic ring is 1. The Kier molecular flexibility index (Phi) is 3.05. The highest BCUT2D eigenvalue weighted by atomic mass is 16.2. The number of carbonyl (C=O) groups is 1. The predicted octanol–water partition coefficient (Wildman–Crippen LogP) is 2.56. The SMILES string of the molecule is NNC(=O)c1ccc([C@H]2C[C@@H]2c2ccccc2)cc1. The smallest absolute Gasteiger partial charge is 0.265 e. The Morgan fingerprint density at radius 2 is 1.53 bits per heavy atom. The second-order valence-electron chi connectivity index (χ2n) is 4.95. The van der Waals surface area contributed by atoms with Gasteiger partial charge >= 0.3 is 0 Å². The van der Waals surface area contributed by atoms with E-state index in [0.717, 1.165) is 0 Å². The fourth-order valence-electron chi connectivity index (χ4n) is 2.60. The Bertz CT molecular complexity index is 577. The highest BCUT2D eigenvalue weighted by molar-refractivity contribution is 5.93. The number of hydrogen-bond donors (Lipinski definition) is 2. The minimum atomic E-state index is -0.248. The van der Waals surface area contributed by atoms with Crippen LogP contribution in [0.15, 0.2) is 54.6 Å². The van der Waals surface area contributed by atoms with Crippen LogP contribution in [0.3, 0.4) is 0 Å². The van der Waals surface area contributed by atoms with E-state index in [9.17, 15) is 4.79 Å². The van der Waals surface area contributed by atoms with Gasteiger partial charge < -0.3 is 0 Å². The lowest BCUT2D eigenvalue weighted by Gasteiger charge is -2.03. The van der Waals surface area contributed by atoms with E-state index in [1.54, 1.807) is 0 Å². The Labute approximate surface area is 112 Å². The van der Waals surface area contributed by atoms with E-state index in [1.165, 1.54) is 17.5 Å². The first-order chi connectivity index (χ1) is 9.29. The summed E-state index contributed by atoms with van der Waals surface area (Å²) in [7, 11) is 0. The van der Waals surface area contributed by atoms with Gasteiger partial charge in [0.25, 0.3) is 5.91 Å². The molecule has 96 valence electrons. The van der Waals surface area contributed by atoms with Crippen molar-refractivity contribution in [3.05, 3.63) is 71.3 Å². The fourth-order valence-corrected chi connectivity index (χ4v) is 2.60. The Balaban J connectivity index is 1.74. The number of carbonyl (C=O) groups excluding carboxylic acids is 1. The van der Waals surface area contributed by atoms with E-state index >= 15 is 0 Å². The molecule has 0 aromatic heterocycles. The summed E-state index contributed by atoms with van der Waals surface area (Å²) in [5.41, 5.74) is 5.43. The molecular weight excluding hydrogens is 236 g/mol. The van der Waals surface area contributed by atoms with Gasteiger partial charge in [-0.25, -0.2) is 5.84 Å². The summed E-state index contributed by atoms with van der Waals surface area (Å²) in [5, 5.41) is 0. The number of hydrazine groups is 1. The molecule has 0 heterocycles. The fraction of sp³-hybridized carbons (Fsp3) is 0.188. The molecule has 1 aliphatic rings. The maximum atomic E-state index is 11.4. The van der Waals surface area contributed by atoms with Crippen molar-refractivity contribution in [2.75, 3.05) is 0 Å². The van der Waals surface area contributed by atoms with Crippen molar-refractivity contribution >= 4 is 5.91 Å². The van der Waals surface area contributed by atoms with Gasteiger partial charge in [0.05, 0.1) is 0 Å². The van der Waals surface area contributed by atoms with Crippen LogP contribution in [0.5, 0.6) is 0 Å². The van der Waals surface area contributed by atoms with Gasteiger partial charge in [-0.1, -0.05) is 42.5 Å². The van der Waals surface area contributed by atoms with Crippen LogP contribution in [-0.2, 0) is 0 Å². The molecule has 2 aromatic rings. The van der Waals surface area contributed by atoms with E-state index in [-0.39, 0.29) is 5.91 Å². The van der Waals surface area contributed by atoms with Crippen molar-refractivity contribution in [2.45, 2.75) is 18.3 Å². The van der Waals surface area contributed by atoms with Gasteiger partial charge in [-0.15, -0.1) is 0 Å². The lowest BCUT2D eigenvalue weighted by atomic mass is 10.0. The molecule has 0 radical (unpaired) electrons. The van der Waals surface area contributed by atoms with E-state index < -0.39 is 0 Å². The average Bonchev–Trinajstić information content (AvgIpc) is 3.28. The number of nitrogens with one attached hydrogen (secondary N) is 1. The van der Waals surface area contributed by atoms with Crippen LogP contribution in [0.25, 0.3) is 0 Å². The molecule has 0 unspecified atom stereocenters. The van der Waals surface area contributed by atoms with Gasteiger partial charge in [0, 0.05) is 5.56 Å². The number of nitrogens with two attached hydrogens (primary N) is 1. The van der Waals surface area contributed by atoms with Gasteiger partial charge in [0.2, 0.25) is 0 Å². The topological polar surface area (TPSA) is 55.1 Å². The van der Waals surface area contributed by atoms with Gasteiger partial charge in [-0.3, -0.25) is 10.2 Å². The van der Waals surface area contributed by atoms with Crippen molar-refractivity contribution in [1.82, 2.24) is 5.43 Å². The summed E-state index contributed by atoms with van der Waals surface area (Å²) in [6.45, 7) is 0. The summed E-state index contributed by atoms with van der Waals surface area (Å²) in [6.07, 6.45) is 1.19. The molecule has 1 saturated carbocycles.